The van der Waals surface area contributed by atoms with E-state index in [9.17, 15) is 8.42 Å². The van der Waals surface area contributed by atoms with Crippen molar-refractivity contribution in [3.8, 4) is 0 Å². The van der Waals surface area contributed by atoms with E-state index >= 15 is 0 Å². The van der Waals surface area contributed by atoms with Crippen molar-refractivity contribution in [1.29, 1.82) is 0 Å². The first-order valence-corrected chi connectivity index (χ1v) is 9.65. The zero-order valence-electron chi connectivity index (χ0n) is 14.1. The van der Waals surface area contributed by atoms with Gasteiger partial charge in [0.05, 0.1) is 5.75 Å². The molecule has 0 radical (unpaired) electrons. The Morgan fingerprint density at radius 2 is 1.91 bits per heavy atom. The van der Waals surface area contributed by atoms with Gasteiger partial charge in [0.2, 0.25) is 0 Å². The minimum Gasteiger partial charge on any atom is -0.396 e. The normalized spacial score (nSPS) is 13.6. The number of hydrogen-bond donors (Lipinski definition) is 3. The smallest absolute Gasteiger partial charge is 0.191 e. The molecule has 0 aromatic rings. The molecule has 6 nitrogen and oxygen atoms in total. The van der Waals surface area contributed by atoms with Crippen molar-refractivity contribution in [1.82, 2.24) is 10.6 Å². The Kier molecular flexibility index (Phi) is 14.7. The first-order chi connectivity index (χ1) is 9.78. The summed E-state index contributed by atoms with van der Waals surface area (Å²) >= 11 is 0. The van der Waals surface area contributed by atoms with Crippen LogP contribution in [0.4, 0.5) is 0 Å². The molecule has 0 aliphatic rings. The third-order valence-corrected chi connectivity index (χ3v) is 3.90. The topological polar surface area (TPSA) is 90.8 Å². The Morgan fingerprint density at radius 1 is 1.27 bits per heavy atom. The fourth-order valence-electron chi connectivity index (χ4n) is 2.05. The highest BCUT2D eigenvalue weighted by Crippen LogP contribution is 2.15. The van der Waals surface area contributed by atoms with Crippen molar-refractivity contribution in [2.24, 2.45) is 16.8 Å². The highest BCUT2D eigenvalue weighted by molar-refractivity contribution is 14.0. The molecule has 0 aromatic heterocycles. The molecule has 134 valence electrons. The van der Waals surface area contributed by atoms with Gasteiger partial charge in [0.25, 0.3) is 0 Å². The van der Waals surface area contributed by atoms with Gasteiger partial charge in [-0.15, -0.1) is 24.0 Å². The van der Waals surface area contributed by atoms with Crippen molar-refractivity contribution in [3.63, 3.8) is 0 Å². The molecule has 3 N–H and O–H groups in total. The molecular weight excluding hydrogens is 417 g/mol. The Hall–Kier alpha value is -0.0900. The predicted molar refractivity (Wildman–Crippen MR) is 104 cm³/mol. The summed E-state index contributed by atoms with van der Waals surface area (Å²) in [6.45, 7) is 8.15. The summed E-state index contributed by atoms with van der Waals surface area (Å²) < 4.78 is 22.2. The van der Waals surface area contributed by atoms with Gasteiger partial charge < -0.3 is 15.7 Å². The van der Waals surface area contributed by atoms with Crippen LogP contribution in [0.1, 0.15) is 33.6 Å². The van der Waals surface area contributed by atoms with Crippen LogP contribution in [0.3, 0.4) is 0 Å². The fourth-order valence-corrected chi connectivity index (χ4v) is 2.52. The molecule has 22 heavy (non-hydrogen) atoms. The lowest BCUT2D eigenvalue weighted by molar-refractivity contribution is 0.245. The molecule has 1 atom stereocenters. The molecular formula is C14H32IN3O3S. The zero-order chi connectivity index (χ0) is 16.3. The maximum absolute atomic E-state index is 11.1. The van der Waals surface area contributed by atoms with E-state index in [0.29, 0.717) is 30.9 Å². The highest BCUT2D eigenvalue weighted by Gasteiger charge is 2.11. The van der Waals surface area contributed by atoms with E-state index in [2.05, 4.69) is 29.5 Å². The summed E-state index contributed by atoms with van der Waals surface area (Å²) in [5.74, 6) is 1.63. The average Bonchev–Trinajstić information content (AvgIpc) is 2.33. The van der Waals surface area contributed by atoms with E-state index in [1.54, 1.807) is 0 Å². The maximum atomic E-state index is 11.1. The lowest BCUT2D eigenvalue weighted by Gasteiger charge is -2.17. The van der Waals surface area contributed by atoms with E-state index in [4.69, 9.17) is 5.11 Å². The first-order valence-electron chi connectivity index (χ1n) is 7.59. The minimum absolute atomic E-state index is 0. The van der Waals surface area contributed by atoms with Crippen LogP contribution in [0.5, 0.6) is 0 Å². The van der Waals surface area contributed by atoms with Crippen molar-refractivity contribution in [2.75, 3.05) is 38.2 Å². The molecule has 0 aromatic carbocycles. The SMILES string of the molecule is CCNC(=NCC(CCO)CC(C)C)NCCS(C)(=O)=O.I. The number of guanidine groups is 1. The molecule has 0 saturated heterocycles. The van der Waals surface area contributed by atoms with Gasteiger partial charge in [0.1, 0.15) is 9.84 Å². The number of aliphatic imine (C=N–C) groups is 1. The van der Waals surface area contributed by atoms with Gasteiger partial charge in [-0.3, -0.25) is 4.99 Å². The molecule has 0 aliphatic heterocycles. The Labute approximate surface area is 152 Å². The van der Waals surface area contributed by atoms with Crippen LogP contribution in [-0.4, -0.2) is 57.7 Å². The first kappa shape index (κ1) is 24.2. The van der Waals surface area contributed by atoms with E-state index in [0.717, 1.165) is 19.4 Å². The third kappa shape index (κ3) is 14.8. The van der Waals surface area contributed by atoms with E-state index in [1.807, 2.05) is 6.92 Å². The lowest BCUT2D eigenvalue weighted by atomic mass is 9.94. The molecule has 0 rings (SSSR count). The van der Waals surface area contributed by atoms with Gasteiger partial charge in [0.15, 0.2) is 5.96 Å². The third-order valence-electron chi connectivity index (χ3n) is 2.96. The second-order valence-electron chi connectivity index (χ2n) is 5.78. The monoisotopic (exact) mass is 449 g/mol. The van der Waals surface area contributed by atoms with Crippen LogP contribution < -0.4 is 10.6 Å². The number of rotatable bonds is 10. The molecule has 0 fully saturated rings. The highest BCUT2D eigenvalue weighted by atomic mass is 127. The molecule has 1 unspecified atom stereocenters. The van der Waals surface area contributed by atoms with Crippen molar-refractivity contribution < 1.29 is 13.5 Å². The van der Waals surface area contributed by atoms with Crippen LogP contribution in [0.25, 0.3) is 0 Å². The van der Waals surface area contributed by atoms with Crippen LogP contribution in [0.2, 0.25) is 0 Å². The number of nitrogens with one attached hydrogen (secondary N) is 2. The average molecular weight is 449 g/mol. The Morgan fingerprint density at radius 3 is 2.36 bits per heavy atom. The van der Waals surface area contributed by atoms with E-state index in [-0.39, 0.29) is 36.3 Å². The number of hydrogen-bond acceptors (Lipinski definition) is 4. The van der Waals surface area contributed by atoms with Gasteiger partial charge in [-0.05, 0) is 31.6 Å². The predicted octanol–water partition coefficient (Wildman–Crippen LogP) is 1.25. The molecule has 0 amide bonds. The van der Waals surface area contributed by atoms with Gasteiger partial charge in [-0.2, -0.15) is 0 Å². The number of aliphatic hydroxyl groups is 1. The van der Waals surface area contributed by atoms with Crippen molar-refractivity contribution in [3.05, 3.63) is 0 Å². The summed E-state index contributed by atoms with van der Waals surface area (Å²) in [4.78, 5) is 4.49. The maximum Gasteiger partial charge on any atom is 0.191 e. The summed E-state index contributed by atoms with van der Waals surface area (Å²) in [5, 5.41) is 15.2. The molecule has 0 aliphatic carbocycles. The molecule has 0 saturated carbocycles. The second kappa shape index (κ2) is 13.4. The van der Waals surface area contributed by atoms with Gasteiger partial charge >= 0.3 is 0 Å². The van der Waals surface area contributed by atoms with E-state index < -0.39 is 9.84 Å². The Bertz CT molecular complexity index is 400. The van der Waals surface area contributed by atoms with Crippen molar-refractivity contribution >= 4 is 39.8 Å². The molecule has 0 bridgehead atoms. The van der Waals surface area contributed by atoms with Crippen LogP contribution in [-0.2, 0) is 9.84 Å². The number of aliphatic hydroxyl groups excluding tert-OH is 1. The van der Waals surface area contributed by atoms with Crippen LogP contribution in [0.15, 0.2) is 4.99 Å². The number of sulfone groups is 1. The summed E-state index contributed by atoms with van der Waals surface area (Å²) in [5.41, 5.74) is 0. The summed E-state index contributed by atoms with van der Waals surface area (Å²) in [6.07, 6.45) is 2.98. The van der Waals surface area contributed by atoms with Crippen LogP contribution >= 0.6 is 24.0 Å². The molecule has 0 heterocycles. The van der Waals surface area contributed by atoms with E-state index in [1.165, 1.54) is 6.26 Å². The number of halogens is 1. The van der Waals surface area contributed by atoms with Gasteiger partial charge in [-0.1, -0.05) is 13.8 Å². The quantitative estimate of drug-likeness (QED) is 0.265. The standard InChI is InChI=1S/C14H31N3O3S.HI/c1-5-15-14(16-7-9-21(4,19)20)17-11-13(6-8-18)10-12(2)3;/h12-13,18H,5-11H2,1-4H3,(H2,15,16,17);1H. The molecule has 0 spiro atoms. The Balaban J connectivity index is 0. The second-order valence-corrected chi connectivity index (χ2v) is 8.04. The largest absolute Gasteiger partial charge is 0.396 e. The van der Waals surface area contributed by atoms with Crippen molar-refractivity contribution in [2.45, 2.75) is 33.6 Å². The zero-order valence-corrected chi connectivity index (χ0v) is 17.3. The summed E-state index contributed by atoms with van der Waals surface area (Å²) in [7, 11) is -2.97. The summed E-state index contributed by atoms with van der Waals surface area (Å²) in [6, 6.07) is 0. The van der Waals surface area contributed by atoms with Gasteiger partial charge in [0, 0.05) is 32.5 Å². The molecule has 8 heteroatoms. The van der Waals surface area contributed by atoms with Crippen LogP contribution in [0, 0.1) is 11.8 Å². The number of nitrogens with zero attached hydrogens (tertiary/aromatic N) is 1. The fraction of sp³-hybridized carbons (Fsp3) is 0.929. The van der Waals surface area contributed by atoms with Gasteiger partial charge in [-0.25, -0.2) is 8.42 Å². The minimum atomic E-state index is -2.97. The lowest BCUT2D eigenvalue weighted by Crippen LogP contribution is -2.39.